The number of benzene rings is 1. The summed E-state index contributed by atoms with van der Waals surface area (Å²) in [5.41, 5.74) is 1.03. The minimum Gasteiger partial charge on any atom is -0.497 e. The first kappa shape index (κ1) is 20.0. The molecule has 0 bridgehead atoms. The second-order valence-electron chi connectivity index (χ2n) is 8.56. The normalized spacial score (nSPS) is 25.7. The summed E-state index contributed by atoms with van der Waals surface area (Å²) in [5, 5.41) is 3.10. The Kier molecular flexibility index (Phi) is 5.42. The van der Waals surface area contributed by atoms with Crippen LogP contribution < -0.4 is 14.8 Å². The Morgan fingerprint density at radius 3 is 2.45 bits per heavy atom. The second kappa shape index (κ2) is 7.86. The predicted molar refractivity (Wildman–Crippen MR) is 107 cm³/mol. The lowest BCUT2D eigenvalue weighted by Crippen LogP contribution is -2.49. The zero-order valence-corrected chi connectivity index (χ0v) is 17.4. The van der Waals surface area contributed by atoms with Crippen LogP contribution in [0.15, 0.2) is 18.2 Å². The van der Waals surface area contributed by atoms with E-state index in [9.17, 15) is 9.59 Å². The lowest BCUT2D eigenvalue weighted by molar-refractivity contribution is -0.146. The fraction of sp³-hybridized carbons (Fsp3) is 0.636. The van der Waals surface area contributed by atoms with Crippen LogP contribution in [0.4, 0.5) is 0 Å². The van der Waals surface area contributed by atoms with Crippen LogP contribution in [-0.2, 0) is 14.3 Å². The summed E-state index contributed by atoms with van der Waals surface area (Å²) in [6.07, 6.45) is 4.19. The Bertz CT molecular complexity index is 763. The molecule has 2 saturated heterocycles. The molecular formula is C22H30N2O5. The van der Waals surface area contributed by atoms with E-state index in [-0.39, 0.29) is 29.4 Å². The molecule has 2 aliphatic heterocycles. The molecule has 2 amide bonds. The van der Waals surface area contributed by atoms with E-state index in [2.05, 4.69) is 5.32 Å². The minimum absolute atomic E-state index is 0.0258. The molecule has 1 spiro atoms. The van der Waals surface area contributed by atoms with Crippen molar-refractivity contribution in [3.63, 3.8) is 0 Å². The number of methoxy groups -OCH3 is 2. The van der Waals surface area contributed by atoms with Crippen molar-refractivity contribution >= 4 is 11.8 Å². The number of amides is 2. The molecule has 2 heterocycles. The van der Waals surface area contributed by atoms with E-state index in [0.717, 1.165) is 37.7 Å². The van der Waals surface area contributed by atoms with Crippen molar-refractivity contribution in [2.24, 2.45) is 5.41 Å². The molecule has 3 fully saturated rings. The van der Waals surface area contributed by atoms with E-state index in [4.69, 9.17) is 14.2 Å². The maximum atomic E-state index is 13.2. The number of hydrogen-bond acceptors (Lipinski definition) is 5. The van der Waals surface area contributed by atoms with Gasteiger partial charge in [-0.05, 0) is 62.1 Å². The monoisotopic (exact) mass is 402 g/mol. The van der Waals surface area contributed by atoms with Gasteiger partial charge in [-0.3, -0.25) is 9.59 Å². The number of nitrogens with one attached hydrogen (secondary N) is 1. The molecule has 4 rings (SSSR count). The van der Waals surface area contributed by atoms with Gasteiger partial charge in [0.1, 0.15) is 23.6 Å². The SMILES string of the molecule is COc1cc(OC)cc(C(C)NC(=O)[C@H]2CC3(CC3)CN2C(=O)C2CCCO2)c1. The Morgan fingerprint density at radius 1 is 1.21 bits per heavy atom. The van der Waals surface area contributed by atoms with Gasteiger partial charge in [-0.1, -0.05) is 0 Å². The average Bonchev–Trinajstić information content (AvgIpc) is 3.12. The van der Waals surface area contributed by atoms with E-state index >= 15 is 0 Å². The Balaban J connectivity index is 1.48. The zero-order valence-electron chi connectivity index (χ0n) is 17.4. The molecule has 7 heteroatoms. The summed E-state index contributed by atoms with van der Waals surface area (Å²) >= 11 is 0. The van der Waals surface area contributed by atoms with Gasteiger partial charge in [0, 0.05) is 19.2 Å². The van der Waals surface area contributed by atoms with E-state index in [0.29, 0.717) is 24.7 Å². The van der Waals surface area contributed by atoms with Gasteiger partial charge in [0.25, 0.3) is 5.91 Å². The van der Waals surface area contributed by atoms with Crippen LogP contribution in [0.1, 0.15) is 50.6 Å². The van der Waals surface area contributed by atoms with E-state index < -0.39 is 6.04 Å². The highest BCUT2D eigenvalue weighted by Crippen LogP contribution is 2.55. The number of nitrogens with zero attached hydrogens (tertiary/aromatic N) is 1. The molecule has 3 aliphatic rings. The standard InChI is InChI=1S/C22H30N2O5/c1-14(15-9-16(27-2)11-17(10-15)28-3)23-20(25)18-12-22(6-7-22)13-24(18)21(26)19-5-4-8-29-19/h9-11,14,18-19H,4-8,12-13H2,1-3H3,(H,23,25)/t14?,18-,19?/m1/s1. The molecular weight excluding hydrogens is 372 g/mol. The lowest BCUT2D eigenvalue weighted by atomic mass is 10.0. The number of rotatable bonds is 6. The van der Waals surface area contributed by atoms with Crippen molar-refractivity contribution in [3.05, 3.63) is 23.8 Å². The van der Waals surface area contributed by atoms with Gasteiger partial charge >= 0.3 is 0 Å². The average molecular weight is 402 g/mol. The zero-order chi connectivity index (χ0) is 20.6. The maximum absolute atomic E-state index is 13.2. The van der Waals surface area contributed by atoms with Crippen LogP contribution in [0.25, 0.3) is 0 Å². The van der Waals surface area contributed by atoms with Crippen LogP contribution in [-0.4, -0.2) is 56.2 Å². The maximum Gasteiger partial charge on any atom is 0.252 e. The van der Waals surface area contributed by atoms with Crippen molar-refractivity contribution in [1.82, 2.24) is 10.2 Å². The van der Waals surface area contributed by atoms with Crippen molar-refractivity contribution in [3.8, 4) is 11.5 Å². The molecule has 1 aliphatic carbocycles. The first-order valence-electron chi connectivity index (χ1n) is 10.4. The third-order valence-corrected chi connectivity index (χ3v) is 6.49. The van der Waals surface area contributed by atoms with E-state index in [1.165, 1.54) is 0 Å². The van der Waals surface area contributed by atoms with Crippen LogP contribution in [0.5, 0.6) is 11.5 Å². The number of carbonyl (C=O) groups excluding carboxylic acids is 2. The summed E-state index contributed by atoms with van der Waals surface area (Å²) in [4.78, 5) is 27.9. The van der Waals surface area contributed by atoms with Gasteiger partial charge in [0.05, 0.1) is 20.3 Å². The molecule has 0 aromatic heterocycles. The Hall–Kier alpha value is -2.28. The highest BCUT2D eigenvalue weighted by Gasteiger charge is 2.56. The smallest absolute Gasteiger partial charge is 0.252 e. The highest BCUT2D eigenvalue weighted by atomic mass is 16.5. The molecule has 7 nitrogen and oxygen atoms in total. The van der Waals surface area contributed by atoms with Crippen LogP contribution in [0, 0.1) is 5.41 Å². The highest BCUT2D eigenvalue weighted by molar-refractivity contribution is 5.90. The number of ether oxygens (including phenoxy) is 3. The van der Waals surface area contributed by atoms with Crippen molar-refractivity contribution in [2.45, 2.75) is 57.2 Å². The van der Waals surface area contributed by atoms with Gasteiger partial charge in [0.2, 0.25) is 5.91 Å². The predicted octanol–water partition coefficient (Wildman–Crippen LogP) is 2.44. The summed E-state index contributed by atoms with van der Waals surface area (Å²) in [6, 6.07) is 4.92. The summed E-state index contributed by atoms with van der Waals surface area (Å²) in [7, 11) is 3.20. The van der Waals surface area contributed by atoms with Crippen molar-refractivity contribution < 1.29 is 23.8 Å². The number of hydrogen-bond donors (Lipinski definition) is 1. The van der Waals surface area contributed by atoms with Gasteiger partial charge in [0.15, 0.2) is 0 Å². The molecule has 3 atom stereocenters. The molecule has 2 unspecified atom stereocenters. The number of likely N-dealkylation sites (tertiary alicyclic amines) is 1. The third kappa shape index (κ3) is 4.06. The number of carbonyl (C=O) groups is 2. The van der Waals surface area contributed by atoms with Crippen LogP contribution in [0.3, 0.4) is 0 Å². The van der Waals surface area contributed by atoms with Crippen molar-refractivity contribution in [1.29, 1.82) is 0 Å². The fourth-order valence-electron chi connectivity index (χ4n) is 4.49. The molecule has 1 aromatic carbocycles. The Labute approximate surface area is 171 Å². The molecule has 1 aromatic rings. The molecule has 29 heavy (non-hydrogen) atoms. The van der Waals surface area contributed by atoms with Crippen LogP contribution >= 0.6 is 0 Å². The van der Waals surface area contributed by atoms with Gasteiger partial charge < -0.3 is 24.4 Å². The van der Waals surface area contributed by atoms with E-state index in [1.54, 1.807) is 25.2 Å². The van der Waals surface area contributed by atoms with Gasteiger partial charge in [-0.15, -0.1) is 0 Å². The topological polar surface area (TPSA) is 77.1 Å². The molecule has 0 radical (unpaired) electrons. The van der Waals surface area contributed by atoms with Gasteiger partial charge in [-0.2, -0.15) is 0 Å². The first-order valence-corrected chi connectivity index (χ1v) is 10.4. The van der Waals surface area contributed by atoms with Crippen molar-refractivity contribution in [2.75, 3.05) is 27.4 Å². The summed E-state index contributed by atoms with van der Waals surface area (Å²) < 4.78 is 16.3. The summed E-state index contributed by atoms with van der Waals surface area (Å²) in [6.45, 7) is 3.23. The Morgan fingerprint density at radius 2 is 1.90 bits per heavy atom. The third-order valence-electron chi connectivity index (χ3n) is 6.49. The molecule has 1 saturated carbocycles. The first-order chi connectivity index (χ1) is 13.9. The lowest BCUT2D eigenvalue weighted by Gasteiger charge is -2.27. The second-order valence-corrected chi connectivity index (χ2v) is 8.56. The minimum atomic E-state index is -0.427. The fourth-order valence-corrected chi connectivity index (χ4v) is 4.49. The summed E-state index contributed by atoms with van der Waals surface area (Å²) in [5.74, 6) is 1.22. The quantitative estimate of drug-likeness (QED) is 0.791. The van der Waals surface area contributed by atoms with Crippen LogP contribution in [0.2, 0.25) is 0 Å². The molecule has 1 N–H and O–H groups in total. The van der Waals surface area contributed by atoms with Gasteiger partial charge in [-0.25, -0.2) is 0 Å². The van der Waals surface area contributed by atoms with E-state index in [1.807, 2.05) is 19.1 Å². The molecule has 158 valence electrons. The largest absolute Gasteiger partial charge is 0.497 e.